The van der Waals surface area contributed by atoms with Crippen molar-refractivity contribution in [2.45, 2.75) is 124 Å². The van der Waals surface area contributed by atoms with Gasteiger partial charge in [-0.15, -0.1) is 11.6 Å². The Labute approximate surface area is 334 Å². The van der Waals surface area contributed by atoms with Gasteiger partial charge in [0.2, 0.25) is 5.75 Å². The molecule has 0 saturated carbocycles. The number of esters is 2. The Kier molecular flexibility index (Phi) is 24.9. The number of carbonyl (C=O) groups excluding carboxylic acids is 2. The molecule has 0 aliphatic rings. The van der Waals surface area contributed by atoms with E-state index in [2.05, 4.69) is 30.2 Å². The fraction of sp³-hybridized carbons (Fsp3) is 0.545. The van der Waals surface area contributed by atoms with Crippen molar-refractivity contribution in [2.24, 2.45) is 0 Å². The Morgan fingerprint density at radius 3 is 1.31 bits per heavy atom. The van der Waals surface area contributed by atoms with E-state index in [1.54, 1.807) is 0 Å². The van der Waals surface area contributed by atoms with Gasteiger partial charge in [0.1, 0.15) is 0 Å². The van der Waals surface area contributed by atoms with E-state index in [4.69, 9.17) is 41.1 Å². The number of carbonyl (C=O) groups is 2. The van der Waals surface area contributed by atoms with Crippen LogP contribution in [0.4, 0.5) is 0 Å². The molecule has 0 bridgehead atoms. The molecule has 55 heavy (non-hydrogen) atoms. The number of rotatable bonds is 21. The van der Waals surface area contributed by atoms with Gasteiger partial charge in [0.15, 0.2) is 28.7 Å². The van der Waals surface area contributed by atoms with Crippen molar-refractivity contribution in [1.29, 1.82) is 0 Å². The molecule has 3 aromatic rings. The molecule has 0 atom stereocenters. The summed E-state index contributed by atoms with van der Waals surface area (Å²) < 4.78 is 27.4. The number of benzene rings is 3. The molecule has 0 heterocycles. The van der Waals surface area contributed by atoms with Crippen LogP contribution in [0.25, 0.3) is 0 Å². The van der Waals surface area contributed by atoms with Gasteiger partial charge < -0.3 is 39.0 Å². The molecule has 0 unspecified atom stereocenters. The van der Waals surface area contributed by atoms with Crippen LogP contribution in [0.5, 0.6) is 34.5 Å². The number of ether oxygens (including phenoxy) is 5. The minimum absolute atomic E-state index is 0.0321. The maximum atomic E-state index is 11.2. The average Bonchev–Trinajstić information content (AvgIpc) is 3.18. The number of halogens is 1. The number of methoxy groups -OCH3 is 2. The Balaban J connectivity index is 0.000000477. The first-order chi connectivity index (χ1) is 26.4. The van der Waals surface area contributed by atoms with E-state index in [-0.39, 0.29) is 11.5 Å². The molecule has 308 valence electrons. The van der Waals surface area contributed by atoms with Gasteiger partial charge >= 0.3 is 11.9 Å². The normalized spacial score (nSPS) is 10.3. The molecular formula is C44H65ClO10. The third-order valence-electron chi connectivity index (χ3n) is 8.83. The van der Waals surface area contributed by atoms with Crippen LogP contribution in [-0.2, 0) is 15.4 Å². The van der Waals surface area contributed by atoms with Crippen LogP contribution in [0, 0.1) is 20.8 Å². The standard InChI is InChI=1S/C25H43ClO3.C11H14O2.C8H8O5/c1-4-7-10-13-16-27-23-19-22(21-26)20-24(28-17-14-11-8-5-2)25(23)29-18-15-12-9-6-3;1-7-5-10(11(12)13-4)6-8(2)9(7)3;1-13-8(12)4-2-5(9)7(11)6(10)3-4/h19-20H,4-18,21H2,1-3H3;5-6H,1-4H3;2-3,9-11H,1H3. The van der Waals surface area contributed by atoms with E-state index in [1.165, 1.54) is 77.6 Å². The number of alkyl halides is 1. The maximum Gasteiger partial charge on any atom is 0.338 e. The van der Waals surface area contributed by atoms with Crippen LogP contribution in [-0.4, -0.2) is 61.3 Å². The topological polar surface area (TPSA) is 141 Å². The molecule has 0 fully saturated rings. The lowest BCUT2D eigenvalue weighted by Crippen LogP contribution is -2.07. The van der Waals surface area contributed by atoms with Gasteiger partial charge in [-0.05, 0) is 98.7 Å². The largest absolute Gasteiger partial charge is 0.504 e. The van der Waals surface area contributed by atoms with Crippen LogP contribution >= 0.6 is 11.6 Å². The monoisotopic (exact) mass is 788 g/mol. The fourth-order valence-electron chi connectivity index (χ4n) is 5.30. The quantitative estimate of drug-likeness (QED) is 0.0413. The van der Waals surface area contributed by atoms with E-state index >= 15 is 0 Å². The molecule has 0 aromatic heterocycles. The molecule has 0 saturated heterocycles. The van der Waals surface area contributed by atoms with E-state index < -0.39 is 23.2 Å². The molecule has 3 aromatic carbocycles. The van der Waals surface area contributed by atoms with E-state index in [0.717, 1.165) is 65.3 Å². The van der Waals surface area contributed by atoms with Crippen LogP contribution in [0.1, 0.15) is 141 Å². The predicted octanol–water partition coefficient (Wildman–Crippen LogP) is 11.3. The summed E-state index contributed by atoms with van der Waals surface area (Å²) in [4.78, 5) is 22.1. The molecular weight excluding hydrogens is 724 g/mol. The summed E-state index contributed by atoms with van der Waals surface area (Å²) in [6.45, 7) is 14.8. The summed E-state index contributed by atoms with van der Waals surface area (Å²) >= 11 is 6.14. The molecule has 0 spiro atoms. The van der Waals surface area contributed by atoms with Gasteiger partial charge in [-0.3, -0.25) is 0 Å². The minimum atomic E-state index is -0.703. The van der Waals surface area contributed by atoms with Crippen molar-refractivity contribution in [1.82, 2.24) is 0 Å². The summed E-state index contributed by atoms with van der Waals surface area (Å²) in [7, 11) is 2.57. The van der Waals surface area contributed by atoms with E-state index in [9.17, 15) is 9.59 Å². The van der Waals surface area contributed by atoms with Crippen molar-refractivity contribution in [3.63, 3.8) is 0 Å². The molecule has 0 aliphatic carbocycles. The summed E-state index contributed by atoms with van der Waals surface area (Å²) in [6, 6.07) is 9.74. The Morgan fingerprint density at radius 1 is 0.564 bits per heavy atom. The maximum absolute atomic E-state index is 11.2. The number of phenols is 3. The lowest BCUT2D eigenvalue weighted by molar-refractivity contribution is 0.0591. The van der Waals surface area contributed by atoms with Crippen molar-refractivity contribution < 1.29 is 48.6 Å². The van der Waals surface area contributed by atoms with Crippen LogP contribution in [0.3, 0.4) is 0 Å². The van der Waals surface area contributed by atoms with Crippen molar-refractivity contribution in [3.8, 4) is 34.5 Å². The number of hydrogen-bond donors (Lipinski definition) is 3. The van der Waals surface area contributed by atoms with Gasteiger partial charge in [0.05, 0.1) is 45.2 Å². The van der Waals surface area contributed by atoms with Crippen molar-refractivity contribution in [3.05, 3.63) is 69.8 Å². The zero-order valence-electron chi connectivity index (χ0n) is 34.4. The van der Waals surface area contributed by atoms with Crippen LogP contribution in [0.15, 0.2) is 36.4 Å². The zero-order chi connectivity index (χ0) is 41.2. The van der Waals surface area contributed by atoms with Gasteiger partial charge in [-0.2, -0.15) is 0 Å². The highest BCUT2D eigenvalue weighted by molar-refractivity contribution is 6.17. The smallest absolute Gasteiger partial charge is 0.338 e. The van der Waals surface area contributed by atoms with E-state index in [0.29, 0.717) is 31.3 Å². The summed E-state index contributed by atoms with van der Waals surface area (Å²) in [5.74, 6) is -0.0289. The first-order valence-corrected chi connectivity index (χ1v) is 20.0. The third-order valence-corrected chi connectivity index (χ3v) is 9.14. The Hall–Kier alpha value is -4.31. The molecule has 0 aliphatic heterocycles. The fourth-order valence-corrected chi connectivity index (χ4v) is 5.46. The Morgan fingerprint density at radius 2 is 0.945 bits per heavy atom. The highest BCUT2D eigenvalue weighted by Crippen LogP contribution is 2.40. The number of unbranched alkanes of at least 4 members (excludes halogenated alkanes) is 9. The van der Waals surface area contributed by atoms with Crippen LogP contribution < -0.4 is 14.2 Å². The van der Waals surface area contributed by atoms with Crippen LogP contribution in [0.2, 0.25) is 0 Å². The number of hydrogen-bond acceptors (Lipinski definition) is 10. The first-order valence-electron chi connectivity index (χ1n) is 19.5. The highest BCUT2D eigenvalue weighted by atomic mass is 35.5. The van der Waals surface area contributed by atoms with Crippen molar-refractivity contribution in [2.75, 3.05) is 34.0 Å². The zero-order valence-corrected chi connectivity index (χ0v) is 35.1. The molecule has 3 rings (SSSR count). The highest BCUT2D eigenvalue weighted by Gasteiger charge is 2.16. The van der Waals surface area contributed by atoms with Gasteiger partial charge in [-0.1, -0.05) is 78.6 Å². The molecule has 10 nitrogen and oxygen atoms in total. The first kappa shape index (κ1) is 48.7. The lowest BCUT2D eigenvalue weighted by Gasteiger charge is -2.18. The number of aromatic hydroxyl groups is 3. The summed E-state index contributed by atoms with van der Waals surface area (Å²) in [5, 5.41) is 26.9. The van der Waals surface area contributed by atoms with Gasteiger partial charge in [0, 0.05) is 5.88 Å². The second-order valence-corrected chi connectivity index (χ2v) is 13.6. The predicted molar refractivity (Wildman–Crippen MR) is 220 cm³/mol. The van der Waals surface area contributed by atoms with Crippen molar-refractivity contribution >= 4 is 23.5 Å². The molecule has 11 heteroatoms. The second kappa shape index (κ2) is 28.1. The van der Waals surface area contributed by atoms with E-state index in [1.807, 2.05) is 45.0 Å². The summed E-state index contributed by atoms with van der Waals surface area (Å²) in [5.41, 5.74) is 5.09. The SMILES string of the molecule is CCCCCCOc1cc(CCl)cc(OCCCCCC)c1OCCCCCC.COC(=O)c1cc(C)c(C)c(C)c1.COC(=O)c1cc(O)c(O)c(O)c1. The minimum Gasteiger partial charge on any atom is -0.504 e. The summed E-state index contributed by atoms with van der Waals surface area (Å²) in [6.07, 6.45) is 14.2. The number of phenolic OH excluding ortho intramolecular Hbond substituents is 3. The number of aryl methyl sites for hydroxylation is 2. The second-order valence-electron chi connectivity index (χ2n) is 13.4. The lowest BCUT2D eigenvalue weighted by atomic mass is 10.0. The Bertz CT molecular complexity index is 1420. The molecule has 3 N–H and O–H groups in total. The van der Waals surface area contributed by atoms with Gasteiger partial charge in [-0.25, -0.2) is 9.59 Å². The average molecular weight is 789 g/mol. The molecule has 0 radical (unpaired) electrons. The molecule has 0 amide bonds. The van der Waals surface area contributed by atoms with Gasteiger partial charge in [0.25, 0.3) is 0 Å². The third kappa shape index (κ3) is 18.3.